The predicted octanol–water partition coefficient (Wildman–Crippen LogP) is 6.11. The summed E-state index contributed by atoms with van der Waals surface area (Å²) in [5.41, 5.74) is 8.15. The van der Waals surface area contributed by atoms with Gasteiger partial charge in [0.25, 0.3) is 0 Å². The van der Waals surface area contributed by atoms with Gasteiger partial charge in [0.2, 0.25) is 5.95 Å². The van der Waals surface area contributed by atoms with Crippen molar-refractivity contribution in [2.45, 2.75) is 26.8 Å². The molecule has 2 heterocycles. The number of anilines is 1. The number of hydrogen-bond acceptors (Lipinski definition) is 3. The number of aryl methyl sites for hydroxylation is 2. The first kappa shape index (κ1) is 18.5. The Morgan fingerprint density at radius 2 is 1.77 bits per heavy atom. The molecule has 0 saturated heterocycles. The summed E-state index contributed by atoms with van der Waals surface area (Å²) in [6, 6.07) is 23.3. The Bertz CT molecular complexity index is 1250. The van der Waals surface area contributed by atoms with Gasteiger partial charge >= 0.3 is 0 Å². The monoisotopic (exact) mass is 395 g/mol. The number of nitrogens with zero attached hydrogens (tertiary/aromatic N) is 2. The Balaban J connectivity index is 1.66. The van der Waals surface area contributed by atoms with E-state index in [-0.39, 0.29) is 6.04 Å². The largest absolute Gasteiger partial charge is 0.494 e. The van der Waals surface area contributed by atoms with Crippen LogP contribution in [0.25, 0.3) is 16.7 Å². The minimum absolute atomic E-state index is 0.0425. The highest BCUT2D eigenvalue weighted by atomic mass is 16.5. The molecule has 0 spiro atoms. The van der Waals surface area contributed by atoms with Gasteiger partial charge in [0.15, 0.2) is 0 Å². The number of ether oxygens (including phenoxy) is 1. The Morgan fingerprint density at radius 1 is 0.967 bits per heavy atom. The average Bonchev–Trinajstić information content (AvgIpc) is 3.14. The lowest BCUT2D eigenvalue weighted by Gasteiger charge is -2.27. The van der Waals surface area contributed by atoms with Gasteiger partial charge in [-0.25, -0.2) is 4.98 Å². The maximum absolute atomic E-state index is 5.64. The molecule has 4 heteroatoms. The van der Waals surface area contributed by atoms with Gasteiger partial charge in [0, 0.05) is 5.70 Å². The molecule has 0 unspecified atom stereocenters. The van der Waals surface area contributed by atoms with Gasteiger partial charge in [-0.1, -0.05) is 36.4 Å². The van der Waals surface area contributed by atoms with Crippen LogP contribution >= 0.6 is 0 Å². The van der Waals surface area contributed by atoms with Crippen LogP contribution in [-0.4, -0.2) is 16.2 Å². The smallest absolute Gasteiger partial charge is 0.209 e. The molecule has 1 N–H and O–H groups in total. The summed E-state index contributed by atoms with van der Waals surface area (Å²) in [7, 11) is 0. The van der Waals surface area contributed by atoms with E-state index < -0.39 is 0 Å². The van der Waals surface area contributed by atoms with Crippen LogP contribution in [-0.2, 0) is 0 Å². The molecule has 0 fully saturated rings. The summed E-state index contributed by atoms with van der Waals surface area (Å²) in [5.74, 6) is 1.76. The van der Waals surface area contributed by atoms with Gasteiger partial charge in [-0.15, -0.1) is 0 Å². The van der Waals surface area contributed by atoms with E-state index in [1.807, 2.05) is 25.1 Å². The average molecular weight is 396 g/mol. The highest BCUT2D eigenvalue weighted by molar-refractivity contribution is 5.85. The van der Waals surface area contributed by atoms with E-state index in [9.17, 15) is 0 Å². The van der Waals surface area contributed by atoms with Crippen LogP contribution in [0.2, 0.25) is 0 Å². The number of benzene rings is 3. The van der Waals surface area contributed by atoms with Crippen molar-refractivity contribution in [3.63, 3.8) is 0 Å². The van der Waals surface area contributed by atoms with E-state index in [1.165, 1.54) is 22.3 Å². The van der Waals surface area contributed by atoms with Gasteiger partial charge in [0.1, 0.15) is 5.75 Å². The van der Waals surface area contributed by atoms with Crippen molar-refractivity contribution in [2.75, 3.05) is 11.9 Å². The van der Waals surface area contributed by atoms with Crippen LogP contribution in [0, 0.1) is 13.8 Å². The van der Waals surface area contributed by atoms with Crippen LogP contribution in [0.5, 0.6) is 5.75 Å². The lowest BCUT2D eigenvalue weighted by atomic mass is 9.99. The maximum Gasteiger partial charge on any atom is 0.209 e. The van der Waals surface area contributed by atoms with Crippen molar-refractivity contribution >= 4 is 22.7 Å². The predicted molar refractivity (Wildman–Crippen MR) is 123 cm³/mol. The van der Waals surface area contributed by atoms with Gasteiger partial charge in [0.05, 0.1) is 23.7 Å². The topological polar surface area (TPSA) is 39.1 Å². The Labute approximate surface area is 176 Å². The molecule has 0 bridgehead atoms. The standard InChI is InChI=1S/C26H25N3O/c1-4-30-21-13-11-19(12-14-21)25-16-23(20-10-9-17(2)18(3)15-20)28-26-27-22-7-5-6-8-24(22)29(25)26/h5-16,25H,4H2,1-3H3,(H,27,28)/t25-/m0/s1. The van der Waals surface area contributed by atoms with Crippen LogP contribution < -0.4 is 10.1 Å². The summed E-state index contributed by atoms with van der Waals surface area (Å²) < 4.78 is 7.91. The number of allylic oxidation sites excluding steroid dienone is 1. The number of fused-ring (bicyclic) bond motifs is 3. The molecular formula is C26H25N3O. The molecule has 0 amide bonds. The van der Waals surface area contributed by atoms with Crippen LogP contribution in [0.4, 0.5) is 5.95 Å². The zero-order valence-electron chi connectivity index (χ0n) is 17.5. The van der Waals surface area contributed by atoms with Crippen molar-refractivity contribution < 1.29 is 4.74 Å². The molecule has 0 radical (unpaired) electrons. The number of hydrogen-bond donors (Lipinski definition) is 1. The van der Waals surface area contributed by atoms with E-state index in [4.69, 9.17) is 9.72 Å². The quantitative estimate of drug-likeness (QED) is 0.453. The molecule has 0 saturated carbocycles. The fourth-order valence-corrected chi connectivity index (χ4v) is 4.06. The summed E-state index contributed by atoms with van der Waals surface area (Å²) in [6.07, 6.45) is 2.29. The summed E-state index contributed by atoms with van der Waals surface area (Å²) in [5, 5.41) is 3.57. The third kappa shape index (κ3) is 3.14. The molecule has 1 aliphatic rings. The first-order valence-corrected chi connectivity index (χ1v) is 10.4. The highest BCUT2D eigenvalue weighted by Crippen LogP contribution is 2.37. The zero-order valence-corrected chi connectivity index (χ0v) is 17.5. The minimum Gasteiger partial charge on any atom is -0.494 e. The second-order valence-electron chi connectivity index (χ2n) is 7.75. The van der Waals surface area contributed by atoms with Gasteiger partial charge < -0.3 is 10.1 Å². The summed E-state index contributed by atoms with van der Waals surface area (Å²) >= 11 is 0. The second-order valence-corrected chi connectivity index (χ2v) is 7.75. The van der Waals surface area contributed by atoms with Crippen molar-refractivity contribution in [1.29, 1.82) is 0 Å². The molecule has 1 atom stereocenters. The normalized spacial score (nSPS) is 15.4. The van der Waals surface area contributed by atoms with Crippen molar-refractivity contribution in [2.24, 2.45) is 0 Å². The first-order valence-electron chi connectivity index (χ1n) is 10.4. The Hall–Kier alpha value is -3.53. The van der Waals surface area contributed by atoms with Crippen molar-refractivity contribution in [1.82, 2.24) is 9.55 Å². The third-order valence-corrected chi connectivity index (χ3v) is 5.80. The molecule has 1 aromatic heterocycles. The molecule has 3 aromatic carbocycles. The molecular weight excluding hydrogens is 370 g/mol. The zero-order chi connectivity index (χ0) is 20.7. The van der Waals surface area contributed by atoms with Gasteiger partial charge in [-0.05, 0) is 79.4 Å². The van der Waals surface area contributed by atoms with Crippen molar-refractivity contribution in [3.05, 3.63) is 95.1 Å². The number of para-hydroxylation sites is 2. The number of aromatic nitrogens is 2. The SMILES string of the molecule is CCOc1ccc([C@@H]2C=C(c3ccc(C)c(C)c3)Nc3nc4ccccc4n32)cc1. The maximum atomic E-state index is 5.64. The van der Waals surface area contributed by atoms with Crippen LogP contribution in [0.3, 0.4) is 0 Å². The fourth-order valence-electron chi connectivity index (χ4n) is 4.06. The first-order chi connectivity index (χ1) is 14.6. The summed E-state index contributed by atoms with van der Waals surface area (Å²) in [6.45, 7) is 6.97. The fraction of sp³-hybridized carbons (Fsp3) is 0.192. The third-order valence-electron chi connectivity index (χ3n) is 5.80. The molecule has 5 rings (SSSR count). The van der Waals surface area contributed by atoms with Gasteiger partial charge in [-0.3, -0.25) is 4.57 Å². The van der Waals surface area contributed by atoms with Crippen LogP contribution in [0.15, 0.2) is 72.8 Å². The Kier molecular flexibility index (Phi) is 4.55. The molecule has 4 nitrogen and oxygen atoms in total. The molecule has 4 aromatic rings. The lowest BCUT2D eigenvalue weighted by molar-refractivity contribution is 0.340. The second kappa shape index (κ2) is 7.38. The van der Waals surface area contributed by atoms with E-state index in [1.54, 1.807) is 0 Å². The highest BCUT2D eigenvalue weighted by Gasteiger charge is 2.25. The Morgan fingerprint density at radius 3 is 2.53 bits per heavy atom. The van der Waals surface area contributed by atoms with Crippen molar-refractivity contribution in [3.8, 4) is 5.75 Å². The lowest BCUT2D eigenvalue weighted by Crippen LogP contribution is -2.19. The number of imidazole rings is 1. The molecule has 0 aliphatic carbocycles. The minimum atomic E-state index is 0.0425. The van der Waals surface area contributed by atoms with E-state index in [2.05, 4.69) is 78.3 Å². The molecule has 1 aliphatic heterocycles. The number of rotatable bonds is 4. The number of nitrogens with one attached hydrogen (secondary N) is 1. The summed E-state index contributed by atoms with van der Waals surface area (Å²) in [4.78, 5) is 4.88. The van der Waals surface area contributed by atoms with E-state index in [0.29, 0.717) is 6.61 Å². The van der Waals surface area contributed by atoms with Crippen LogP contribution in [0.1, 0.15) is 35.2 Å². The van der Waals surface area contributed by atoms with Gasteiger partial charge in [-0.2, -0.15) is 0 Å². The van der Waals surface area contributed by atoms with E-state index >= 15 is 0 Å². The molecule has 30 heavy (non-hydrogen) atoms. The molecule has 150 valence electrons. The van der Waals surface area contributed by atoms with E-state index in [0.717, 1.165) is 28.4 Å².